The average Bonchev–Trinajstić information content (AvgIpc) is 3.12. The van der Waals surface area contributed by atoms with Crippen LogP contribution in [0, 0.1) is 0 Å². The zero-order chi connectivity index (χ0) is 24.9. The second kappa shape index (κ2) is 8.76. The maximum absolute atomic E-state index is 6.50. The molecule has 1 radical (unpaired) electrons. The molecule has 0 saturated carbocycles. The number of rotatable bonds is 5. The maximum atomic E-state index is 6.50. The molecule has 0 N–H and O–H groups in total. The molecule has 0 heterocycles. The van der Waals surface area contributed by atoms with E-state index in [-0.39, 0.29) is 11.0 Å². The Morgan fingerprint density at radius 1 is 0.771 bits per heavy atom. The van der Waals surface area contributed by atoms with Gasteiger partial charge in [-0.2, -0.15) is 0 Å². The quantitative estimate of drug-likeness (QED) is 0.268. The number of ether oxygens (including phenoxy) is 2. The highest BCUT2D eigenvalue weighted by atomic mass is 28.3. The maximum Gasteiger partial charge on any atom is 0.283 e. The Balaban J connectivity index is 1.75. The van der Waals surface area contributed by atoms with Crippen LogP contribution in [-0.4, -0.2) is 23.3 Å². The summed E-state index contributed by atoms with van der Waals surface area (Å²) in [7, 11) is 2.44. The van der Waals surface area contributed by atoms with Crippen LogP contribution in [0.2, 0.25) is 11.6 Å². The van der Waals surface area contributed by atoms with E-state index in [4.69, 9.17) is 13.9 Å². The highest BCUT2D eigenvalue weighted by Gasteiger charge is 2.31. The summed E-state index contributed by atoms with van der Waals surface area (Å²) in [5.74, 6) is 2.94. The van der Waals surface area contributed by atoms with E-state index in [0.717, 1.165) is 17.2 Å². The highest BCUT2D eigenvalue weighted by Crippen LogP contribution is 2.52. The summed E-state index contributed by atoms with van der Waals surface area (Å²) in [5.41, 5.74) is 7.67. The topological polar surface area (TPSA) is 27.7 Å². The van der Waals surface area contributed by atoms with Gasteiger partial charge in [-0.25, -0.2) is 0 Å². The molecule has 4 aromatic carbocycles. The van der Waals surface area contributed by atoms with Gasteiger partial charge in [0.25, 0.3) is 9.04 Å². The minimum Gasteiger partial charge on any atom is -0.542 e. The molecule has 1 aliphatic carbocycles. The summed E-state index contributed by atoms with van der Waals surface area (Å²) in [6.45, 7) is 11.3. The fourth-order valence-corrected chi connectivity index (χ4v) is 5.76. The summed E-state index contributed by atoms with van der Waals surface area (Å²) in [6.07, 6.45) is 0. The third kappa shape index (κ3) is 4.10. The Morgan fingerprint density at radius 3 is 2.20 bits per heavy atom. The summed E-state index contributed by atoms with van der Waals surface area (Å²) in [6, 6.07) is 23.8. The van der Waals surface area contributed by atoms with E-state index >= 15 is 0 Å². The van der Waals surface area contributed by atoms with Crippen molar-refractivity contribution in [1.82, 2.24) is 0 Å². The zero-order valence-electron chi connectivity index (χ0n) is 21.7. The number of benzene rings is 4. The Hall–Kier alpha value is -3.24. The van der Waals surface area contributed by atoms with Gasteiger partial charge in [-0.3, -0.25) is 0 Å². The van der Waals surface area contributed by atoms with Gasteiger partial charge in [-0.05, 0) is 98.2 Å². The second-order valence-electron chi connectivity index (χ2n) is 10.4. The molecule has 0 fully saturated rings. The first kappa shape index (κ1) is 23.5. The van der Waals surface area contributed by atoms with Gasteiger partial charge in [0.1, 0.15) is 17.2 Å². The monoisotopic (exact) mass is 481 g/mol. The minimum absolute atomic E-state index is 0.157. The Bertz CT molecular complexity index is 1420. The molecular formula is C31H33O3Si. The lowest BCUT2D eigenvalue weighted by Gasteiger charge is -2.25. The largest absolute Gasteiger partial charge is 0.542 e. The van der Waals surface area contributed by atoms with Crippen LogP contribution in [0.5, 0.6) is 17.2 Å². The molecule has 0 aliphatic heterocycles. The summed E-state index contributed by atoms with van der Waals surface area (Å²) in [4.78, 5) is 0. The van der Waals surface area contributed by atoms with Gasteiger partial charge in [-0.1, -0.05) is 52.0 Å². The molecule has 1 atom stereocenters. The van der Waals surface area contributed by atoms with Crippen LogP contribution in [0.25, 0.3) is 33.0 Å². The average molecular weight is 482 g/mol. The van der Waals surface area contributed by atoms with Crippen molar-refractivity contribution in [3.8, 4) is 39.5 Å². The SMILES string of the molecule is COc1ccc2c(c1)C(C)c1c-2cc2ccc(OC)cc2c1-c1cccc(O[Si](C)C(C)(C)C)c1. The predicted octanol–water partition coefficient (Wildman–Crippen LogP) is 8.46. The van der Waals surface area contributed by atoms with Crippen LogP contribution >= 0.6 is 0 Å². The van der Waals surface area contributed by atoms with Crippen LogP contribution < -0.4 is 13.9 Å². The van der Waals surface area contributed by atoms with Crippen molar-refractivity contribution >= 4 is 19.8 Å². The standard InChI is InChI=1S/C31H33O3Si/c1-19-26-17-23(33-6)13-14-25(26)28-16-20-11-12-22(32-5)18-27(20)30(29(19)28)21-9-8-10-24(15-21)34-35(7)31(2,3)4/h8-19H,1-7H3. The molecule has 4 aromatic rings. The third-order valence-corrected chi connectivity index (χ3v) is 9.94. The molecule has 0 spiro atoms. The Morgan fingerprint density at radius 2 is 1.49 bits per heavy atom. The van der Waals surface area contributed by atoms with Gasteiger partial charge in [-0.15, -0.1) is 0 Å². The molecule has 1 unspecified atom stereocenters. The number of methoxy groups -OCH3 is 2. The van der Waals surface area contributed by atoms with Gasteiger partial charge < -0.3 is 13.9 Å². The van der Waals surface area contributed by atoms with Crippen molar-refractivity contribution in [2.75, 3.05) is 14.2 Å². The summed E-state index contributed by atoms with van der Waals surface area (Å²) < 4.78 is 17.7. The van der Waals surface area contributed by atoms with Crippen molar-refractivity contribution in [3.05, 3.63) is 77.9 Å². The highest BCUT2D eigenvalue weighted by molar-refractivity contribution is 6.54. The van der Waals surface area contributed by atoms with Crippen molar-refractivity contribution in [1.29, 1.82) is 0 Å². The Labute approximate surface area is 210 Å². The number of fused-ring (bicyclic) bond motifs is 4. The fraction of sp³-hybridized carbons (Fsp3) is 0.290. The van der Waals surface area contributed by atoms with E-state index in [0.29, 0.717) is 0 Å². The van der Waals surface area contributed by atoms with Crippen LogP contribution in [0.15, 0.2) is 66.7 Å². The molecule has 0 aromatic heterocycles. The zero-order valence-corrected chi connectivity index (χ0v) is 22.7. The van der Waals surface area contributed by atoms with Crippen molar-refractivity contribution < 1.29 is 13.9 Å². The van der Waals surface area contributed by atoms with Gasteiger partial charge in [0, 0.05) is 5.92 Å². The lowest BCUT2D eigenvalue weighted by molar-refractivity contribution is 0.414. The fourth-order valence-electron chi connectivity index (χ4n) is 4.97. The molecule has 1 aliphatic rings. The second-order valence-corrected chi connectivity index (χ2v) is 13.2. The van der Waals surface area contributed by atoms with E-state index in [1.165, 1.54) is 44.2 Å². The first-order valence-corrected chi connectivity index (χ1v) is 14.1. The molecule has 35 heavy (non-hydrogen) atoms. The van der Waals surface area contributed by atoms with E-state index in [2.05, 4.69) is 94.9 Å². The molecule has 0 bridgehead atoms. The summed E-state index contributed by atoms with van der Waals surface area (Å²) >= 11 is 0. The molecule has 0 amide bonds. The van der Waals surface area contributed by atoms with Crippen LogP contribution in [-0.2, 0) is 0 Å². The molecule has 3 nitrogen and oxygen atoms in total. The molecular weight excluding hydrogens is 448 g/mol. The van der Waals surface area contributed by atoms with Gasteiger partial charge in [0.15, 0.2) is 0 Å². The van der Waals surface area contributed by atoms with E-state index in [9.17, 15) is 0 Å². The molecule has 5 rings (SSSR count). The smallest absolute Gasteiger partial charge is 0.283 e. The van der Waals surface area contributed by atoms with Crippen LogP contribution in [0.3, 0.4) is 0 Å². The lowest BCUT2D eigenvalue weighted by atomic mass is 9.86. The third-order valence-electron chi connectivity index (χ3n) is 7.29. The summed E-state index contributed by atoms with van der Waals surface area (Å²) in [5, 5.41) is 2.56. The number of hydrogen-bond donors (Lipinski definition) is 0. The van der Waals surface area contributed by atoms with Crippen LogP contribution in [0.4, 0.5) is 0 Å². The van der Waals surface area contributed by atoms with Crippen molar-refractivity contribution in [3.63, 3.8) is 0 Å². The van der Waals surface area contributed by atoms with Crippen molar-refractivity contribution in [2.45, 2.75) is 45.2 Å². The Kier molecular flexibility index (Phi) is 5.88. The van der Waals surface area contributed by atoms with E-state index in [1.807, 2.05) is 6.07 Å². The van der Waals surface area contributed by atoms with Crippen molar-refractivity contribution in [2.24, 2.45) is 0 Å². The van der Waals surface area contributed by atoms with E-state index in [1.54, 1.807) is 14.2 Å². The van der Waals surface area contributed by atoms with Crippen LogP contribution in [0.1, 0.15) is 44.7 Å². The molecule has 179 valence electrons. The van der Waals surface area contributed by atoms with Gasteiger partial charge >= 0.3 is 0 Å². The number of hydrogen-bond acceptors (Lipinski definition) is 3. The van der Waals surface area contributed by atoms with E-state index < -0.39 is 9.04 Å². The first-order valence-electron chi connectivity index (χ1n) is 12.2. The van der Waals surface area contributed by atoms with Gasteiger partial charge in [0.2, 0.25) is 0 Å². The first-order chi connectivity index (χ1) is 16.7. The normalized spacial score (nSPS) is 14.7. The molecule has 4 heteroatoms. The van der Waals surface area contributed by atoms with Gasteiger partial charge in [0.05, 0.1) is 14.2 Å². The molecule has 0 saturated heterocycles. The lowest BCUT2D eigenvalue weighted by Crippen LogP contribution is -2.28. The predicted molar refractivity (Wildman–Crippen MR) is 147 cm³/mol. The minimum atomic E-state index is -1.01.